The first-order valence-electron chi connectivity index (χ1n) is 12.0. The predicted octanol–water partition coefficient (Wildman–Crippen LogP) is -0.734. The second-order valence-corrected chi connectivity index (χ2v) is 10.7. The minimum atomic E-state index is -0.938. The molecule has 0 aromatic rings. The van der Waals surface area contributed by atoms with Crippen molar-refractivity contribution in [1.82, 2.24) is 5.43 Å². The Morgan fingerprint density at radius 1 is 1.06 bits per heavy atom. The highest BCUT2D eigenvalue weighted by molar-refractivity contribution is 6.20. The molecular weight excluding hydrogens is 422 g/mol. The van der Waals surface area contributed by atoms with E-state index in [9.17, 15) is 20.8 Å². The standard InChI is InChI=1S/C21H40ClN5O4/c1-14-4-3-11-25(15(14)2)13-20(16-5-7-17(22)8-6-16)24-23-19-10-9-18(26(28)29)12-21(19)27(30)31/h14-19,21,23,26-28,30H,3-13H2,1-2H3/p+1. The Kier molecular flexibility index (Phi) is 9.36. The van der Waals surface area contributed by atoms with Gasteiger partial charge in [0, 0.05) is 23.6 Å². The van der Waals surface area contributed by atoms with Crippen LogP contribution in [0, 0.1) is 22.3 Å². The molecule has 3 aliphatic rings. The Morgan fingerprint density at radius 2 is 1.77 bits per heavy atom. The van der Waals surface area contributed by atoms with Crippen molar-refractivity contribution in [3.8, 4) is 0 Å². The van der Waals surface area contributed by atoms with Crippen molar-refractivity contribution in [2.75, 3.05) is 13.1 Å². The zero-order valence-corrected chi connectivity index (χ0v) is 19.6. The lowest BCUT2D eigenvalue weighted by atomic mass is 9.84. The molecule has 2 aliphatic carbocycles. The van der Waals surface area contributed by atoms with Gasteiger partial charge in [0.05, 0.1) is 30.8 Å². The molecule has 10 heteroatoms. The average molecular weight is 463 g/mol. The Balaban J connectivity index is 1.71. The van der Waals surface area contributed by atoms with Crippen LogP contribution in [0.2, 0.25) is 0 Å². The summed E-state index contributed by atoms with van der Waals surface area (Å²) in [5.41, 5.74) is 4.35. The lowest BCUT2D eigenvalue weighted by Gasteiger charge is -2.39. The fourth-order valence-electron chi connectivity index (χ4n) is 5.66. The summed E-state index contributed by atoms with van der Waals surface area (Å²) in [4.78, 5) is 1.57. The van der Waals surface area contributed by atoms with Crippen molar-refractivity contribution >= 4 is 17.3 Å². The van der Waals surface area contributed by atoms with Crippen LogP contribution in [0.1, 0.15) is 71.6 Å². The van der Waals surface area contributed by atoms with Gasteiger partial charge >= 0.3 is 0 Å². The third-order valence-electron chi connectivity index (χ3n) is 8.08. The van der Waals surface area contributed by atoms with E-state index in [1.807, 2.05) is 0 Å². The average Bonchev–Trinajstić information content (AvgIpc) is 2.74. The van der Waals surface area contributed by atoms with Crippen molar-refractivity contribution in [2.24, 2.45) is 16.9 Å². The minimum absolute atomic E-state index is 0.163. The Bertz CT molecular complexity index is 588. The van der Waals surface area contributed by atoms with Crippen LogP contribution in [0.25, 0.3) is 0 Å². The fraction of sp³-hybridized carbons (Fsp3) is 0.952. The van der Waals surface area contributed by atoms with E-state index in [0.29, 0.717) is 30.7 Å². The number of piperidine rings is 1. The number of likely N-dealkylation sites (tertiary alicyclic amines) is 1. The molecule has 1 heterocycles. The molecule has 3 rings (SSSR count). The number of nitrogens with one attached hydrogen (secondary N) is 4. The zero-order valence-electron chi connectivity index (χ0n) is 18.9. The number of rotatable bonds is 7. The monoisotopic (exact) mass is 462 g/mol. The number of nitrogens with zero attached hydrogens (tertiary/aromatic N) is 1. The van der Waals surface area contributed by atoms with Gasteiger partial charge in [-0.15, -0.1) is 11.6 Å². The summed E-state index contributed by atoms with van der Waals surface area (Å²) in [6.45, 7) is 6.69. The molecule has 2 saturated carbocycles. The van der Waals surface area contributed by atoms with E-state index < -0.39 is 22.5 Å². The lowest BCUT2D eigenvalue weighted by Crippen LogP contribution is -3.17. The minimum Gasteiger partial charge on any atom is -0.600 e. The van der Waals surface area contributed by atoms with Gasteiger partial charge in [-0.1, -0.05) is 6.92 Å². The van der Waals surface area contributed by atoms with Crippen molar-refractivity contribution in [1.29, 1.82) is 0 Å². The van der Waals surface area contributed by atoms with Crippen LogP contribution in [0.3, 0.4) is 0 Å². The predicted molar refractivity (Wildman–Crippen MR) is 118 cm³/mol. The highest BCUT2D eigenvalue weighted by Gasteiger charge is 2.39. The van der Waals surface area contributed by atoms with Gasteiger partial charge in [-0.3, -0.25) is 0 Å². The molecule has 0 aromatic carbocycles. The Labute approximate surface area is 190 Å². The third kappa shape index (κ3) is 6.74. The number of halogens is 1. The lowest BCUT2D eigenvalue weighted by molar-refractivity contribution is -1.09. The fourth-order valence-corrected chi connectivity index (χ4v) is 5.91. The number of hydrogen-bond donors (Lipinski definition) is 6. The van der Waals surface area contributed by atoms with Gasteiger partial charge in [-0.05, 0) is 51.9 Å². The summed E-state index contributed by atoms with van der Waals surface area (Å²) >= 11 is 6.34. The van der Waals surface area contributed by atoms with Crippen molar-refractivity contribution in [3.05, 3.63) is 10.4 Å². The molecule has 3 fully saturated rings. The highest BCUT2D eigenvalue weighted by Crippen LogP contribution is 2.28. The number of hydroxylamine groups is 4. The molecule has 1 saturated heterocycles. The largest absolute Gasteiger partial charge is 0.600 e. The molecule has 9 nitrogen and oxygen atoms in total. The number of quaternary nitrogens is 3. The number of hydrazone groups is 1. The number of alkyl halides is 1. The Hall–Kier alpha value is -0.520. The highest BCUT2D eigenvalue weighted by atomic mass is 35.5. The molecule has 0 radical (unpaired) electrons. The first kappa shape index (κ1) is 25.1. The molecule has 180 valence electrons. The van der Waals surface area contributed by atoms with E-state index in [1.54, 1.807) is 4.90 Å². The molecule has 0 spiro atoms. The van der Waals surface area contributed by atoms with Crippen LogP contribution < -0.4 is 20.8 Å². The van der Waals surface area contributed by atoms with E-state index in [2.05, 4.69) is 19.3 Å². The molecule has 8 atom stereocenters. The van der Waals surface area contributed by atoms with Gasteiger partial charge in [0.15, 0.2) is 0 Å². The van der Waals surface area contributed by atoms with Crippen molar-refractivity contribution in [3.63, 3.8) is 0 Å². The summed E-state index contributed by atoms with van der Waals surface area (Å²) < 4.78 is 0. The van der Waals surface area contributed by atoms with Gasteiger partial charge in [-0.25, -0.2) is 20.9 Å². The molecular formula is C21H41ClN5O4+. The molecule has 6 N–H and O–H groups in total. The van der Waals surface area contributed by atoms with E-state index in [4.69, 9.17) is 16.7 Å². The van der Waals surface area contributed by atoms with Crippen molar-refractivity contribution in [2.45, 2.75) is 101 Å². The molecule has 8 unspecified atom stereocenters. The summed E-state index contributed by atoms with van der Waals surface area (Å²) in [6, 6.07) is -1.04. The number of hydrogen-bond acceptors (Lipinski definition) is 6. The molecule has 0 bridgehead atoms. The quantitative estimate of drug-likeness (QED) is 0.169. The van der Waals surface area contributed by atoms with Crippen LogP contribution in [-0.4, -0.2) is 58.8 Å². The first-order valence-corrected chi connectivity index (χ1v) is 12.5. The van der Waals surface area contributed by atoms with Crippen LogP contribution in [0.15, 0.2) is 5.10 Å². The molecule has 31 heavy (non-hydrogen) atoms. The smallest absolute Gasteiger partial charge is 0.144 e. The summed E-state index contributed by atoms with van der Waals surface area (Å²) in [5.74, 6) is 1.08. The van der Waals surface area contributed by atoms with Crippen LogP contribution in [0.4, 0.5) is 0 Å². The second-order valence-electron chi connectivity index (χ2n) is 10.1. The van der Waals surface area contributed by atoms with Gasteiger partial charge in [0.2, 0.25) is 0 Å². The Morgan fingerprint density at radius 3 is 2.42 bits per heavy atom. The van der Waals surface area contributed by atoms with Crippen LogP contribution >= 0.6 is 11.6 Å². The SMILES string of the molecule is CC1CCC[NH+](CC(=NNC2CCC([NH+]([O-])O)CC2[NH+]([O-])O)C2CCC(Cl)CC2)C1C. The topological polar surface area (TPSA) is 124 Å². The van der Waals surface area contributed by atoms with E-state index in [-0.39, 0.29) is 17.8 Å². The van der Waals surface area contributed by atoms with Gasteiger partial charge < -0.3 is 20.7 Å². The maximum absolute atomic E-state index is 11.8. The molecule has 0 aromatic heterocycles. The molecule has 0 amide bonds. The summed E-state index contributed by atoms with van der Waals surface area (Å²) in [5, 5.41) is 45.4. The van der Waals surface area contributed by atoms with Gasteiger partial charge in [0.25, 0.3) is 0 Å². The zero-order chi connectivity index (χ0) is 22.5. The summed E-state index contributed by atoms with van der Waals surface area (Å²) in [7, 11) is 0. The first-order chi connectivity index (χ1) is 14.8. The maximum Gasteiger partial charge on any atom is 0.144 e. The van der Waals surface area contributed by atoms with E-state index >= 15 is 0 Å². The van der Waals surface area contributed by atoms with E-state index in [0.717, 1.165) is 44.5 Å². The van der Waals surface area contributed by atoms with E-state index in [1.165, 1.54) is 12.8 Å². The molecule has 1 aliphatic heterocycles. The van der Waals surface area contributed by atoms with Crippen LogP contribution in [0.5, 0.6) is 0 Å². The second kappa shape index (κ2) is 11.6. The normalized spacial score (nSPS) is 42.1. The van der Waals surface area contributed by atoms with Gasteiger partial charge in [-0.2, -0.15) is 5.10 Å². The van der Waals surface area contributed by atoms with Crippen molar-refractivity contribution < 1.29 is 25.8 Å². The van der Waals surface area contributed by atoms with Crippen LogP contribution in [-0.2, 0) is 0 Å². The summed E-state index contributed by atoms with van der Waals surface area (Å²) in [6.07, 6.45) is 7.72. The third-order valence-corrected chi connectivity index (χ3v) is 8.52. The van der Waals surface area contributed by atoms with Gasteiger partial charge in [0.1, 0.15) is 18.6 Å². The maximum atomic E-state index is 11.8.